The molecule has 0 aliphatic heterocycles. The maximum absolute atomic E-state index is 12.2. The summed E-state index contributed by atoms with van der Waals surface area (Å²) in [4.78, 5) is 25.2. The second-order valence-electron chi connectivity index (χ2n) is 5.57. The van der Waals surface area contributed by atoms with Gasteiger partial charge in [0.25, 0.3) is 0 Å². The quantitative estimate of drug-likeness (QED) is 0.555. The molecule has 1 aromatic carbocycles. The van der Waals surface area contributed by atoms with Gasteiger partial charge in [0.1, 0.15) is 0 Å². The van der Waals surface area contributed by atoms with E-state index in [1.807, 2.05) is 19.1 Å². The van der Waals surface area contributed by atoms with Crippen molar-refractivity contribution >= 4 is 46.9 Å². The number of amides is 1. The molecule has 1 unspecified atom stereocenters. The largest absolute Gasteiger partial charge is 0.354 e. The zero-order valence-electron chi connectivity index (χ0n) is 15.0. The van der Waals surface area contributed by atoms with E-state index in [1.54, 1.807) is 12.1 Å². The van der Waals surface area contributed by atoms with Crippen LogP contribution >= 0.6 is 23.4 Å². The lowest BCUT2D eigenvalue weighted by Crippen LogP contribution is -2.18. The molecule has 0 spiro atoms. The smallest absolute Gasteiger partial charge is 0.234 e. The predicted octanol–water partition coefficient (Wildman–Crippen LogP) is 3.90. The van der Waals surface area contributed by atoms with Crippen molar-refractivity contribution in [2.24, 2.45) is 0 Å². The maximum atomic E-state index is 12.2. The molecule has 26 heavy (non-hydrogen) atoms. The molecule has 2 aromatic rings. The van der Waals surface area contributed by atoms with Gasteiger partial charge in [-0.3, -0.25) is 4.79 Å². The van der Waals surface area contributed by atoms with Crippen molar-refractivity contribution in [2.75, 3.05) is 28.2 Å². The van der Waals surface area contributed by atoms with Crippen LogP contribution in [0.1, 0.15) is 27.2 Å². The average Bonchev–Trinajstić information content (AvgIpc) is 2.62. The highest BCUT2D eigenvalue weighted by molar-refractivity contribution is 7.99. The van der Waals surface area contributed by atoms with Crippen LogP contribution in [-0.2, 0) is 4.79 Å². The van der Waals surface area contributed by atoms with Crippen molar-refractivity contribution < 1.29 is 4.79 Å². The van der Waals surface area contributed by atoms with Crippen LogP contribution < -0.4 is 16.0 Å². The molecule has 0 bridgehead atoms. The number of aromatic nitrogens is 3. The van der Waals surface area contributed by atoms with Crippen LogP contribution in [0.4, 0.5) is 17.6 Å². The van der Waals surface area contributed by atoms with Crippen molar-refractivity contribution in [1.29, 1.82) is 0 Å². The number of nitrogens with zero attached hydrogens (tertiary/aromatic N) is 3. The summed E-state index contributed by atoms with van der Waals surface area (Å²) in [6, 6.07) is 7.35. The minimum atomic E-state index is -0.176. The highest BCUT2D eigenvalue weighted by Gasteiger charge is 2.11. The minimum absolute atomic E-state index is 0.170. The third-order valence-corrected chi connectivity index (χ3v) is 4.59. The van der Waals surface area contributed by atoms with E-state index in [2.05, 4.69) is 44.7 Å². The monoisotopic (exact) mass is 394 g/mol. The molecule has 1 atom stereocenters. The van der Waals surface area contributed by atoms with Crippen LogP contribution in [0.3, 0.4) is 0 Å². The molecule has 0 saturated heterocycles. The van der Waals surface area contributed by atoms with Gasteiger partial charge in [0, 0.05) is 12.6 Å². The minimum Gasteiger partial charge on any atom is -0.354 e. The molecule has 1 amide bonds. The summed E-state index contributed by atoms with van der Waals surface area (Å²) in [5.41, 5.74) is 0.586. The van der Waals surface area contributed by atoms with Gasteiger partial charge in [-0.05, 0) is 32.4 Å². The van der Waals surface area contributed by atoms with Crippen molar-refractivity contribution in [3.05, 3.63) is 29.3 Å². The zero-order chi connectivity index (χ0) is 18.9. The normalized spacial score (nSPS) is 11.7. The molecule has 1 heterocycles. The van der Waals surface area contributed by atoms with Gasteiger partial charge in [0.2, 0.25) is 17.8 Å². The predicted molar refractivity (Wildman–Crippen MR) is 108 cm³/mol. The van der Waals surface area contributed by atoms with Gasteiger partial charge in [-0.2, -0.15) is 15.0 Å². The fourth-order valence-corrected chi connectivity index (χ4v) is 2.74. The fraction of sp³-hybridized carbons (Fsp3) is 0.412. The first kappa shape index (κ1) is 20.3. The van der Waals surface area contributed by atoms with Gasteiger partial charge in [-0.25, -0.2) is 0 Å². The number of para-hydroxylation sites is 1. The Hall–Kier alpha value is -2.06. The highest BCUT2D eigenvalue weighted by Crippen LogP contribution is 2.22. The molecule has 0 radical (unpaired) electrons. The second kappa shape index (κ2) is 10.2. The Morgan fingerprint density at radius 3 is 2.62 bits per heavy atom. The first-order valence-corrected chi connectivity index (χ1v) is 9.81. The van der Waals surface area contributed by atoms with Gasteiger partial charge in [0.05, 0.1) is 16.5 Å². The number of hydrogen-bond acceptors (Lipinski definition) is 7. The van der Waals surface area contributed by atoms with Crippen LogP contribution in [0.15, 0.2) is 29.4 Å². The summed E-state index contributed by atoms with van der Waals surface area (Å²) in [6.07, 6.45) is 0.949. The van der Waals surface area contributed by atoms with Gasteiger partial charge in [0.15, 0.2) is 5.16 Å². The molecule has 2 rings (SSSR count). The summed E-state index contributed by atoms with van der Waals surface area (Å²) in [6.45, 7) is 6.80. The number of halogens is 1. The summed E-state index contributed by atoms with van der Waals surface area (Å²) < 4.78 is 0. The average molecular weight is 395 g/mol. The van der Waals surface area contributed by atoms with Gasteiger partial charge < -0.3 is 16.0 Å². The van der Waals surface area contributed by atoms with Crippen LogP contribution in [0, 0.1) is 0 Å². The topological polar surface area (TPSA) is 91.8 Å². The van der Waals surface area contributed by atoms with Crippen molar-refractivity contribution in [1.82, 2.24) is 15.0 Å². The van der Waals surface area contributed by atoms with E-state index < -0.39 is 0 Å². The van der Waals surface area contributed by atoms with Gasteiger partial charge >= 0.3 is 0 Å². The van der Waals surface area contributed by atoms with E-state index >= 15 is 0 Å². The van der Waals surface area contributed by atoms with Gasteiger partial charge in [-0.15, -0.1) is 0 Å². The van der Waals surface area contributed by atoms with Crippen molar-refractivity contribution in [3.8, 4) is 0 Å². The summed E-state index contributed by atoms with van der Waals surface area (Å²) in [5.74, 6) is 0.982. The molecule has 9 heteroatoms. The number of carbonyl (C=O) groups is 1. The van der Waals surface area contributed by atoms with E-state index in [0.29, 0.717) is 34.3 Å². The van der Waals surface area contributed by atoms with E-state index in [1.165, 1.54) is 11.8 Å². The lowest BCUT2D eigenvalue weighted by Gasteiger charge is -2.13. The Morgan fingerprint density at radius 2 is 1.92 bits per heavy atom. The third-order valence-electron chi connectivity index (χ3n) is 3.42. The standard InChI is InChI=1S/C17H23ClN6OS/c1-4-11(3)20-16-22-15(19-5-2)23-17(24-16)26-10-14(25)21-13-9-7-6-8-12(13)18/h6-9,11H,4-5,10H2,1-3H3,(H,21,25)(H2,19,20,22,23,24). The molecule has 0 fully saturated rings. The number of nitrogens with one attached hydrogen (secondary N) is 3. The fourth-order valence-electron chi connectivity index (χ4n) is 1.92. The Labute approximate surface area is 162 Å². The van der Waals surface area contributed by atoms with Gasteiger partial charge in [-0.1, -0.05) is 42.4 Å². The molecule has 0 aliphatic carbocycles. The van der Waals surface area contributed by atoms with Crippen LogP contribution in [-0.4, -0.2) is 39.2 Å². The lowest BCUT2D eigenvalue weighted by molar-refractivity contribution is -0.113. The van der Waals surface area contributed by atoms with E-state index in [4.69, 9.17) is 11.6 Å². The van der Waals surface area contributed by atoms with Crippen LogP contribution in [0.25, 0.3) is 0 Å². The van der Waals surface area contributed by atoms with E-state index in [9.17, 15) is 4.79 Å². The summed E-state index contributed by atoms with van der Waals surface area (Å²) >= 11 is 7.30. The Balaban J connectivity index is 2.02. The first-order valence-electron chi connectivity index (χ1n) is 8.45. The maximum Gasteiger partial charge on any atom is 0.234 e. The second-order valence-corrected chi connectivity index (χ2v) is 6.92. The number of hydrogen-bond donors (Lipinski definition) is 3. The van der Waals surface area contributed by atoms with E-state index in [-0.39, 0.29) is 17.7 Å². The zero-order valence-corrected chi connectivity index (χ0v) is 16.6. The molecule has 0 aliphatic rings. The first-order chi connectivity index (χ1) is 12.5. The van der Waals surface area contributed by atoms with E-state index in [0.717, 1.165) is 6.42 Å². The Kier molecular flexibility index (Phi) is 7.93. The SMILES string of the molecule is CCNc1nc(NC(C)CC)nc(SCC(=O)Nc2ccccc2Cl)n1. The third kappa shape index (κ3) is 6.34. The van der Waals surface area contributed by atoms with Crippen molar-refractivity contribution in [2.45, 2.75) is 38.4 Å². The van der Waals surface area contributed by atoms with Crippen LogP contribution in [0.2, 0.25) is 5.02 Å². The molecular formula is C17H23ClN6OS. The number of benzene rings is 1. The number of rotatable bonds is 9. The molecule has 140 valence electrons. The summed E-state index contributed by atoms with van der Waals surface area (Å²) in [7, 11) is 0. The molecular weight excluding hydrogens is 372 g/mol. The Morgan fingerprint density at radius 1 is 1.19 bits per heavy atom. The Bertz CT molecular complexity index is 745. The molecule has 0 saturated carbocycles. The highest BCUT2D eigenvalue weighted by atomic mass is 35.5. The van der Waals surface area contributed by atoms with Crippen molar-refractivity contribution in [3.63, 3.8) is 0 Å². The van der Waals surface area contributed by atoms with Crippen LogP contribution in [0.5, 0.6) is 0 Å². The lowest BCUT2D eigenvalue weighted by atomic mass is 10.3. The molecule has 7 nitrogen and oxygen atoms in total. The number of anilines is 3. The molecule has 1 aromatic heterocycles. The number of thioether (sulfide) groups is 1. The summed E-state index contributed by atoms with van der Waals surface area (Å²) in [5, 5.41) is 10.1. The number of carbonyl (C=O) groups excluding carboxylic acids is 1. The molecule has 3 N–H and O–H groups in total.